The van der Waals surface area contributed by atoms with E-state index < -0.39 is 10.0 Å². The fourth-order valence-corrected chi connectivity index (χ4v) is 3.27. The first kappa shape index (κ1) is 15.8. The number of carbonyl (C=O) groups excluding carboxylic acids is 1. The van der Waals surface area contributed by atoms with Gasteiger partial charge in [0.2, 0.25) is 10.0 Å². The van der Waals surface area contributed by atoms with Crippen molar-refractivity contribution in [1.29, 1.82) is 0 Å². The summed E-state index contributed by atoms with van der Waals surface area (Å²) >= 11 is 0. The van der Waals surface area contributed by atoms with Crippen molar-refractivity contribution in [2.75, 3.05) is 26.5 Å². The van der Waals surface area contributed by atoms with Gasteiger partial charge in [0.1, 0.15) is 5.75 Å². The number of benzene rings is 1. The Morgan fingerprint density at radius 1 is 1.33 bits per heavy atom. The van der Waals surface area contributed by atoms with Crippen LogP contribution < -0.4 is 9.46 Å². The van der Waals surface area contributed by atoms with Gasteiger partial charge >= 0.3 is 0 Å². The Kier molecular flexibility index (Phi) is 4.84. The third-order valence-corrected chi connectivity index (χ3v) is 4.19. The van der Waals surface area contributed by atoms with Gasteiger partial charge in [0, 0.05) is 24.7 Å². The Morgan fingerprint density at radius 2 is 2.00 bits per heavy atom. The maximum absolute atomic E-state index is 12.4. The van der Waals surface area contributed by atoms with E-state index in [9.17, 15) is 13.2 Å². The topological polar surface area (TPSA) is 75.7 Å². The molecule has 1 amide bonds. The second-order valence-electron chi connectivity index (χ2n) is 5.21. The van der Waals surface area contributed by atoms with Gasteiger partial charge in [0.15, 0.2) is 0 Å². The number of piperidine rings is 1. The molecule has 21 heavy (non-hydrogen) atoms. The second-order valence-corrected chi connectivity index (χ2v) is 6.99. The number of amides is 1. The highest BCUT2D eigenvalue weighted by molar-refractivity contribution is 7.88. The zero-order chi connectivity index (χ0) is 15.5. The fraction of sp³-hybridized carbons (Fsp3) is 0.500. The van der Waals surface area contributed by atoms with Crippen molar-refractivity contribution in [3.63, 3.8) is 0 Å². The zero-order valence-corrected chi connectivity index (χ0v) is 13.0. The minimum Gasteiger partial charge on any atom is -0.497 e. The Labute approximate surface area is 125 Å². The summed E-state index contributed by atoms with van der Waals surface area (Å²) in [6.45, 7) is 1.05. The number of methoxy groups -OCH3 is 1. The van der Waals surface area contributed by atoms with Gasteiger partial charge in [0.25, 0.3) is 5.91 Å². The zero-order valence-electron chi connectivity index (χ0n) is 12.2. The van der Waals surface area contributed by atoms with E-state index in [1.54, 1.807) is 36.3 Å². The molecule has 6 nitrogen and oxygen atoms in total. The van der Waals surface area contributed by atoms with Crippen LogP contribution >= 0.6 is 0 Å². The third-order valence-electron chi connectivity index (χ3n) is 3.43. The van der Waals surface area contributed by atoms with Gasteiger partial charge < -0.3 is 9.64 Å². The summed E-state index contributed by atoms with van der Waals surface area (Å²) in [6, 6.07) is 6.70. The van der Waals surface area contributed by atoms with Crippen molar-refractivity contribution >= 4 is 15.9 Å². The van der Waals surface area contributed by atoms with Gasteiger partial charge in [-0.15, -0.1) is 0 Å². The lowest BCUT2D eigenvalue weighted by Crippen LogP contribution is -2.49. The van der Waals surface area contributed by atoms with Gasteiger partial charge in [-0.3, -0.25) is 4.79 Å². The van der Waals surface area contributed by atoms with Crippen molar-refractivity contribution in [2.45, 2.75) is 18.9 Å². The Morgan fingerprint density at radius 3 is 2.57 bits per heavy atom. The smallest absolute Gasteiger partial charge is 0.253 e. The van der Waals surface area contributed by atoms with E-state index in [4.69, 9.17) is 4.74 Å². The van der Waals surface area contributed by atoms with Crippen molar-refractivity contribution in [3.8, 4) is 5.75 Å². The van der Waals surface area contributed by atoms with Crippen LogP contribution in [0.15, 0.2) is 24.3 Å². The molecule has 1 aromatic carbocycles. The van der Waals surface area contributed by atoms with Gasteiger partial charge in [-0.2, -0.15) is 0 Å². The molecule has 0 radical (unpaired) electrons. The molecule has 1 aliphatic rings. The first-order valence-corrected chi connectivity index (χ1v) is 8.69. The fourth-order valence-electron chi connectivity index (χ4n) is 2.48. The van der Waals surface area contributed by atoms with Crippen LogP contribution in [0.25, 0.3) is 0 Å². The number of hydrogen-bond donors (Lipinski definition) is 1. The first-order chi connectivity index (χ1) is 9.89. The normalized spacial score (nSPS) is 19.3. The van der Waals surface area contributed by atoms with Crippen molar-refractivity contribution in [3.05, 3.63) is 29.8 Å². The lowest BCUT2D eigenvalue weighted by molar-refractivity contribution is 0.0703. The Hall–Kier alpha value is -1.60. The van der Waals surface area contributed by atoms with Gasteiger partial charge in [-0.25, -0.2) is 13.1 Å². The highest BCUT2D eigenvalue weighted by Gasteiger charge is 2.26. The van der Waals surface area contributed by atoms with Crippen LogP contribution in [0.2, 0.25) is 0 Å². The van der Waals surface area contributed by atoms with Crippen LogP contribution in [0.3, 0.4) is 0 Å². The number of rotatable bonds is 4. The molecule has 1 atom stereocenters. The van der Waals surface area contributed by atoms with E-state index >= 15 is 0 Å². The molecule has 2 rings (SSSR count). The number of nitrogens with zero attached hydrogens (tertiary/aromatic N) is 1. The molecular weight excluding hydrogens is 292 g/mol. The molecule has 116 valence electrons. The highest BCUT2D eigenvalue weighted by Crippen LogP contribution is 2.17. The van der Waals surface area contributed by atoms with Crippen LogP contribution in [-0.4, -0.2) is 51.7 Å². The molecular formula is C14H20N2O4S. The van der Waals surface area contributed by atoms with Gasteiger partial charge in [0.05, 0.1) is 13.4 Å². The molecule has 0 saturated carbocycles. The van der Waals surface area contributed by atoms with Gasteiger partial charge in [-0.05, 0) is 37.1 Å². The number of nitrogens with one attached hydrogen (secondary N) is 1. The van der Waals surface area contributed by atoms with Crippen LogP contribution in [0.4, 0.5) is 0 Å². The van der Waals surface area contributed by atoms with Crippen LogP contribution in [0.1, 0.15) is 23.2 Å². The lowest BCUT2D eigenvalue weighted by Gasteiger charge is -2.32. The number of hydrogen-bond acceptors (Lipinski definition) is 4. The molecule has 1 aromatic rings. The van der Waals surface area contributed by atoms with Gasteiger partial charge in [-0.1, -0.05) is 0 Å². The average Bonchev–Trinajstić information content (AvgIpc) is 2.45. The standard InChI is InChI=1S/C14H20N2O4S/c1-20-13-7-5-11(6-8-13)14(17)16-9-3-4-12(10-16)15-21(2,18)19/h5-8,12,15H,3-4,9-10H2,1-2H3. The maximum Gasteiger partial charge on any atom is 0.253 e. The molecule has 0 spiro atoms. The van der Waals surface area contributed by atoms with E-state index in [-0.39, 0.29) is 11.9 Å². The van der Waals surface area contributed by atoms with Crippen molar-refractivity contribution in [2.24, 2.45) is 0 Å². The lowest BCUT2D eigenvalue weighted by atomic mass is 10.1. The summed E-state index contributed by atoms with van der Waals surface area (Å²) in [6.07, 6.45) is 2.67. The summed E-state index contributed by atoms with van der Waals surface area (Å²) < 4.78 is 30.2. The Bertz CT molecular complexity index is 598. The monoisotopic (exact) mass is 312 g/mol. The molecule has 1 heterocycles. The minimum atomic E-state index is -3.25. The summed E-state index contributed by atoms with van der Waals surface area (Å²) in [5, 5.41) is 0. The van der Waals surface area contributed by atoms with Crippen LogP contribution in [-0.2, 0) is 10.0 Å². The largest absolute Gasteiger partial charge is 0.497 e. The number of likely N-dealkylation sites (tertiary alicyclic amines) is 1. The summed E-state index contributed by atoms with van der Waals surface area (Å²) in [5.41, 5.74) is 0.579. The van der Waals surface area contributed by atoms with Crippen LogP contribution in [0, 0.1) is 0 Å². The number of carbonyl (C=O) groups is 1. The Balaban J connectivity index is 2.04. The number of sulfonamides is 1. The molecule has 1 fully saturated rings. The van der Waals surface area contributed by atoms with E-state index in [0.717, 1.165) is 19.1 Å². The summed E-state index contributed by atoms with van der Waals surface area (Å²) in [7, 11) is -1.68. The predicted molar refractivity (Wildman–Crippen MR) is 79.9 cm³/mol. The minimum absolute atomic E-state index is 0.0855. The highest BCUT2D eigenvalue weighted by atomic mass is 32.2. The SMILES string of the molecule is COc1ccc(C(=O)N2CCCC(NS(C)(=O)=O)C2)cc1. The number of ether oxygens (including phenoxy) is 1. The second kappa shape index (κ2) is 6.44. The van der Waals surface area contributed by atoms with Crippen molar-refractivity contribution < 1.29 is 17.9 Å². The van der Waals surface area contributed by atoms with Crippen molar-refractivity contribution in [1.82, 2.24) is 9.62 Å². The molecule has 7 heteroatoms. The van der Waals surface area contributed by atoms with E-state index in [0.29, 0.717) is 24.4 Å². The molecule has 0 bridgehead atoms. The van der Waals surface area contributed by atoms with E-state index in [1.807, 2.05) is 0 Å². The maximum atomic E-state index is 12.4. The van der Waals surface area contributed by atoms with E-state index in [1.165, 1.54) is 0 Å². The van der Waals surface area contributed by atoms with Crippen LogP contribution in [0.5, 0.6) is 5.75 Å². The third kappa shape index (κ3) is 4.44. The van der Waals surface area contributed by atoms with E-state index in [2.05, 4.69) is 4.72 Å². The molecule has 0 aromatic heterocycles. The first-order valence-electron chi connectivity index (χ1n) is 6.79. The molecule has 0 aliphatic carbocycles. The predicted octanol–water partition coefficient (Wildman–Crippen LogP) is 0.849. The average molecular weight is 312 g/mol. The summed E-state index contributed by atoms with van der Waals surface area (Å²) in [4.78, 5) is 14.1. The molecule has 1 aliphatic heterocycles. The molecule has 1 saturated heterocycles. The molecule has 1 unspecified atom stereocenters. The summed E-state index contributed by atoms with van der Waals surface area (Å²) in [5.74, 6) is 0.611. The quantitative estimate of drug-likeness (QED) is 0.894. The molecule has 1 N–H and O–H groups in total.